The largest absolute Gasteiger partial charge is 0.497 e. The molecule has 9 nitrogen and oxygen atoms in total. The molecule has 0 fully saturated rings. The lowest BCUT2D eigenvalue weighted by Crippen LogP contribution is -2.15. The summed E-state index contributed by atoms with van der Waals surface area (Å²) >= 11 is 0. The molecule has 0 bridgehead atoms. The monoisotopic (exact) mass is 478 g/mol. The first-order chi connectivity index (χ1) is 15.2. The second-order valence-corrected chi connectivity index (χ2v) is 9.84. The van der Waals surface area contributed by atoms with Crippen molar-refractivity contribution < 1.29 is 31.0 Å². The second-order valence-electron chi connectivity index (χ2n) is 6.48. The van der Waals surface area contributed by atoms with E-state index in [1.165, 1.54) is 75.9 Å². The van der Waals surface area contributed by atoms with Gasteiger partial charge in [-0.3, -0.25) is 9.44 Å². The van der Waals surface area contributed by atoms with Gasteiger partial charge >= 0.3 is 0 Å². The van der Waals surface area contributed by atoms with Gasteiger partial charge in [-0.1, -0.05) is 0 Å². The number of nitrogens with one attached hydrogen (secondary N) is 2. The fraction of sp³-hybridized carbons (Fsp3) is 0.143. The summed E-state index contributed by atoms with van der Waals surface area (Å²) in [5.41, 5.74) is 0.412. The molecule has 0 radical (unpaired) electrons. The summed E-state index contributed by atoms with van der Waals surface area (Å²) in [7, 11) is -3.45. The minimum absolute atomic E-state index is 0.0433. The number of ether oxygens (including phenoxy) is 3. The molecule has 0 spiro atoms. The molecule has 0 saturated heterocycles. The first kappa shape index (κ1) is 23.2. The molecule has 170 valence electrons. The first-order valence-electron chi connectivity index (χ1n) is 9.20. The summed E-state index contributed by atoms with van der Waals surface area (Å²) in [5, 5.41) is 0. The third-order valence-corrected chi connectivity index (χ3v) is 7.22. The molecule has 3 aromatic carbocycles. The fourth-order valence-corrected chi connectivity index (χ4v) is 4.89. The zero-order chi connectivity index (χ0) is 23.4. The van der Waals surface area contributed by atoms with Crippen molar-refractivity contribution in [1.29, 1.82) is 0 Å². The molecular weight excluding hydrogens is 456 g/mol. The smallest absolute Gasteiger partial charge is 0.262 e. The SMILES string of the molecule is COc1ccc(S(=O)(=O)Nc2ccc(S(=O)(=O)Nc3cc(OC)ccc3OC)cc2)cc1. The number of anilines is 2. The van der Waals surface area contributed by atoms with Crippen LogP contribution in [-0.2, 0) is 20.0 Å². The number of rotatable bonds is 9. The average Bonchev–Trinajstić information content (AvgIpc) is 2.79. The third kappa shape index (κ3) is 5.24. The Balaban J connectivity index is 1.80. The number of hydrogen-bond acceptors (Lipinski definition) is 7. The molecule has 0 heterocycles. The van der Waals surface area contributed by atoms with Crippen LogP contribution < -0.4 is 23.7 Å². The maximum absolute atomic E-state index is 12.8. The predicted octanol–water partition coefficient (Wildman–Crippen LogP) is 3.31. The molecule has 0 aliphatic rings. The van der Waals surface area contributed by atoms with E-state index in [4.69, 9.17) is 14.2 Å². The number of methoxy groups -OCH3 is 3. The molecule has 32 heavy (non-hydrogen) atoms. The van der Waals surface area contributed by atoms with Gasteiger partial charge in [0.1, 0.15) is 17.2 Å². The molecule has 0 aliphatic heterocycles. The first-order valence-corrected chi connectivity index (χ1v) is 12.2. The van der Waals surface area contributed by atoms with E-state index in [1.807, 2.05) is 0 Å². The van der Waals surface area contributed by atoms with E-state index in [0.29, 0.717) is 17.2 Å². The van der Waals surface area contributed by atoms with Crippen molar-refractivity contribution in [2.24, 2.45) is 0 Å². The minimum Gasteiger partial charge on any atom is -0.497 e. The Morgan fingerprint density at radius 3 is 1.62 bits per heavy atom. The summed E-state index contributed by atoms with van der Waals surface area (Å²) in [6.45, 7) is 0. The van der Waals surface area contributed by atoms with Gasteiger partial charge in [-0.25, -0.2) is 16.8 Å². The molecular formula is C21H22N2O7S2. The highest BCUT2D eigenvalue weighted by molar-refractivity contribution is 7.93. The fourth-order valence-electron chi connectivity index (χ4n) is 2.77. The Morgan fingerprint density at radius 2 is 1.09 bits per heavy atom. The van der Waals surface area contributed by atoms with Crippen LogP contribution in [0.2, 0.25) is 0 Å². The Hall–Kier alpha value is -3.44. The average molecular weight is 479 g/mol. The molecule has 2 N–H and O–H groups in total. The predicted molar refractivity (Wildman–Crippen MR) is 121 cm³/mol. The van der Waals surface area contributed by atoms with E-state index in [2.05, 4.69) is 9.44 Å². The number of hydrogen-bond donors (Lipinski definition) is 2. The van der Waals surface area contributed by atoms with Gasteiger partial charge in [-0.2, -0.15) is 0 Å². The van der Waals surface area contributed by atoms with E-state index in [-0.39, 0.29) is 21.2 Å². The van der Waals surface area contributed by atoms with Gasteiger partial charge in [0, 0.05) is 11.8 Å². The van der Waals surface area contributed by atoms with E-state index >= 15 is 0 Å². The molecule has 0 aliphatic carbocycles. The molecule has 11 heteroatoms. The summed E-state index contributed by atoms with van der Waals surface area (Å²) < 4.78 is 70.9. The highest BCUT2D eigenvalue weighted by Gasteiger charge is 2.19. The van der Waals surface area contributed by atoms with Crippen LogP contribution in [0.15, 0.2) is 76.5 Å². The van der Waals surface area contributed by atoms with Crippen LogP contribution in [-0.4, -0.2) is 38.2 Å². The summed E-state index contributed by atoms with van der Waals surface area (Å²) in [6, 6.07) is 15.9. The van der Waals surface area contributed by atoms with Gasteiger partial charge in [0.05, 0.1) is 36.8 Å². The van der Waals surface area contributed by atoms with Gasteiger partial charge in [0.15, 0.2) is 0 Å². The van der Waals surface area contributed by atoms with E-state index in [9.17, 15) is 16.8 Å². The van der Waals surface area contributed by atoms with Crippen LogP contribution in [0.4, 0.5) is 11.4 Å². The van der Waals surface area contributed by atoms with Crippen LogP contribution in [0, 0.1) is 0 Å². The molecule has 0 amide bonds. The molecule has 3 rings (SSSR count). The van der Waals surface area contributed by atoms with Crippen molar-refractivity contribution in [2.45, 2.75) is 9.79 Å². The minimum atomic E-state index is -3.97. The standard InChI is InChI=1S/C21H22N2O7S2/c1-28-16-6-11-19(12-7-16)31(24,25)22-15-4-9-18(10-5-15)32(26,27)23-20-14-17(29-2)8-13-21(20)30-3/h4-14,22-23H,1-3H3. The van der Waals surface area contributed by atoms with Gasteiger partial charge in [0.2, 0.25) is 0 Å². The van der Waals surface area contributed by atoms with Crippen molar-refractivity contribution in [3.63, 3.8) is 0 Å². The zero-order valence-electron chi connectivity index (χ0n) is 17.5. The summed E-state index contributed by atoms with van der Waals surface area (Å²) in [5.74, 6) is 1.30. The van der Waals surface area contributed by atoms with Crippen LogP contribution in [0.3, 0.4) is 0 Å². The van der Waals surface area contributed by atoms with Crippen molar-refractivity contribution in [3.8, 4) is 17.2 Å². The number of benzene rings is 3. The van der Waals surface area contributed by atoms with Gasteiger partial charge in [-0.15, -0.1) is 0 Å². The third-order valence-electron chi connectivity index (χ3n) is 4.44. The van der Waals surface area contributed by atoms with E-state index in [1.54, 1.807) is 12.1 Å². The van der Waals surface area contributed by atoms with Crippen LogP contribution in [0.25, 0.3) is 0 Å². The van der Waals surface area contributed by atoms with Crippen molar-refractivity contribution >= 4 is 31.4 Å². The molecule has 0 atom stereocenters. The molecule has 0 aromatic heterocycles. The summed E-state index contributed by atoms with van der Waals surface area (Å²) in [4.78, 5) is -0.0171. The van der Waals surface area contributed by atoms with Crippen molar-refractivity contribution in [3.05, 3.63) is 66.7 Å². The highest BCUT2D eigenvalue weighted by Crippen LogP contribution is 2.31. The van der Waals surface area contributed by atoms with Crippen LogP contribution >= 0.6 is 0 Å². The lowest BCUT2D eigenvalue weighted by atomic mass is 10.3. The van der Waals surface area contributed by atoms with Gasteiger partial charge in [-0.05, 0) is 60.7 Å². The Morgan fingerprint density at radius 1 is 0.594 bits per heavy atom. The second kappa shape index (κ2) is 9.37. The molecule has 0 saturated carbocycles. The Labute approximate surface area is 187 Å². The lowest BCUT2D eigenvalue weighted by molar-refractivity contribution is 0.405. The zero-order valence-corrected chi connectivity index (χ0v) is 19.2. The quantitative estimate of drug-likeness (QED) is 0.484. The maximum atomic E-state index is 12.8. The van der Waals surface area contributed by atoms with Crippen molar-refractivity contribution in [2.75, 3.05) is 30.8 Å². The topological polar surface area (TPSA) is 120 Å². The lowest BCUT2D eigenvalue weighted by Gasteiger charge is -2.14. The highest BCUT2D eigenvalue weighted by atomic mass is 32.2. The van der Waals surface area contributed by atoms with Crippen LogP contribution in [0.1, 0.15) is 0 Å². The van der Waals surface area contributed by atoms with E-state index < -0.39 is 20.0 Å². The van der Waals surface area contributed by atoms with Crippen LogP contribution in [0.5, 0.6) is 17.2 Å². The van der Waals surface area contributed by atoms with Gasteiger partial charge < -0.3 is 14.2 Å². The molecule has 0 unspecified atom stereocenters. The normalized spacial score (nSPS) is 11.5. The summed E-state index contributed by atoms with van der Waals surface area (Å²) in [6.07, 6.45) is 0. The van der Waals surface area contributed by atoms with Crippen molar-refractivity contribution in [1.82, 2.24) is 0 Å². The molecule has 3 aromatic rings. The maximum Gasteiger partial charge on any atom is 0.262 e. The Kier molecular flexibility index (Phi) is 6.80. The van der Waals surface area contributed by atoms with E-state index in [0.717, 1.165) is 0 Å². The Bertz CT molecular complexity index is 1290. The van der Waals surface area contributed by atoms with Gasteiger partial charge in [0.25, 0.3) is 20.0 Å². The number of sulfonamides is 2.